The highest BCUT2D eigenvalue weighted by atomic mass is 16.5. The second-order valence-corrected chi connectivity index (χ2v) is 5.79. The zero-order valence-electron chi connectivity index (χ0n) is 13.1. The lowest BCUT2D eigenvalue weighted by molar-refractivity contribution is -0.121. The van der Waals surface area contributed by atoms with Gasteiger partial charge < -0.3 is 14.8 Å². The SMILES string of the molecule is COc1ccc(OC)c(CC(=O)NC2CCCCC2C)c1. The first-order valence-corrected chi connectivity index (χ1v) is 7.64. The van der Waals surface area contributed by atoms with Gasteiger partial charge in [-0.25, -0.2) is 0 Å². The number of carbonyl (C=O) groups excluding carboxylic acids is 1. The first-order valence-electron chi connectivity index (χ1n) is 7.64. The highest BCUT2D eigenvalue weighted by Gasteiger charge is 2.23. The number of ether oxygens (including phenoxy) is 2. The highest BCUT2D eigenvalue weighted by molar-refractivity contribution is 5.79. The van der Waals surface area contributed by atoms with E-state index in [1.807, 2.05) is 18.2 Å². The van der Waals surface area contributed by atoms with Crippen molar-refractivity contribution < 1.29 is 14.3 Å². The largest absolute Gasteiger partial charge is 0.497 e. The molecule has 1 fully saturated rings. The number of hydrogen-bond donors (Lipinski definition) is 1. The van der Waals surface area contributed by atoms with Crippen molar-refractivity contribution in [2.45, 2.75) is 45.1 Å². The van der Waals surface area contributed by atoms with Gasteiger partial charge in [-0.3, -0.25) is 4.79 Å². The van der Waals surface area contributed by atoms with E-state index in [-0.39, 0.29) is 5.91 Å². The van der Waals surface area contributed by atoms with Gasteiger partial charge in [0, 0.05) is 11.6 Å². The van der Waals surface area contributed by atoms with Crippen LogP contribution in [0.25, 0.3) is 0 Å². The third kappa shape index (κ3) is 4.13. The van der Waals surface area contributed by atoms with Crippen LogP contribution in [0, 0.1) is 5.92 Å². The molecule has 4 nitrogen and oxygen atoms in total. The number of benzene rings is 1. The molecule has 2 atom stereocenters. The number of hydrogen-bond acceptors (Lipinski definition) is 3. The number of carbonyl (C=O) groups is 1. The van der Waals surface area contributed by atoms with Gasteiger partial charge in [-0.2, -0.15) is 0 Å². The van der Waals surface area contributed by atoms with Crippen LogP contribution < -0.4 is 14.8 Å². The van der Waals surface area contributed by atoms with Crippen LogP contribution in [0.15, 0.2) is 18.2 Å². The Labute approximate surface area is 126 Å². The average Bonchev–Trinajstić information content (AvgIpc) is 2.49. The minimum absolute atomic E-state index is 0.0558. The summed E-state index contributed by atoms with van der Waals surface area (Å²) >= 11 is 0. The van der Waals surface area contributed by atoms with Crippen molar-refractivity contribution in [2.24, 2.45) is 5.92 Å². The summed E-state index contributed by atoms with van der Waals surface area (Å²) in [5.41, 5.74) is 0.859. The average molecular weight is 291 g/mol. The molecule has 21 heavy (non-hydrogen) atoms. The molecule has 1 saturated carbocycles. The van der Waals surface area contributed by atoms with Crippen molar-refractivity contribution >= 4 is 5.91 Å². The van der Waals surface area contributed by atoms with Crippen molar-refractivity contribution in [3.63, 3.8) is 0 Å². The molecule has 116 valence electrons. The van der Waals surface area contributed by atoms with E-state index < -0.39 is 0 Å². The Bertz CT molecular complexity index is 487. The first-order chi connectivity index (χ1) is 10.1. The molecule has 0 heterocycles. The molecule has 1 N–H and O–H groups in total. The maximum Gasteiger partial charge on any atom is 0.224 e. The molecule has 0 aliphatic heterocycles. The van der Waals surface area contributed by atoms with Crippen LogP contribution in [0.4, 0.5) is 0 Å². The van der Waals surface area contributed by atoms with Gasteiger partial charge in [0.05, 0.1) is 20.6 Å². The van der Waals surface area contributed by atoms with Gasteiger partial charge in [-0.05, 0) is 37.0 Å². The fourth-order valence-electron chi connectivity index (χ4n) is 2.98. The van der Waals surface area contributed by atoms with Gasteiger partial charge in [0.15, 0.2) is 0 Å². The minimum atomic E-state index is 0.0558. The van der Waals surface area contributed by atoms with Crippen LogP contribution in [0.2, 0.25) is 0 Å². The fourth-order valence-corrected chi connectivity index (χ4v) is 2.98. The van der Waals surface area contributed by atoms with E-state index in [9.17, 15) is 4.79 Å². The second-order valence-electron chi connectivity index (χ2n) is 5.79. The molecule has 2 rings (SSSR count). The van der Waals surface area contributed by atoms with E-state index in [1.54, 1.807) is 14.2 Å². The summed E-state index contributed by atoms with van der Waals surface area (Å²) in [5, 5.41) is 3.17. The summed E-state index contributed by atoms with van der Waals surface area (Å²) < 4.78 is 10.5. The van der Waals surface area contributed by atoms with Crippen molar-refractivity contribution in [1.82, 2.24) is 5.32 Å². The van der Waals surface area contributed by atoms with Crippen LogP contribution >= 0.6 is 0 Å². The molecule has 0 saturated heterocycles. The summed E-state index contributed by atoms with van der Waals surface area (Å²) in [4.78, 5) is 12.3. The van der Waals surface area contributed by atoms with E-state index in [2.05, 4.69) is 12.2 Å². The molecular weight excluding hydrogens is 266 g/mol. The Morgan fingerprint density at radius 1 is 1.24 bits per heavy atom. The zero-order valence-corrected chi connectivity index (χ0v) is 13.1. The van der Waals surface area contributed by atoms with Crippen LogP contribution in [0.1, 0.15) is 38.2 Å². The molecule has 1 aliphatic carbocycles. The normalized spacial score (nSPS) is 21.7. The predicted octanol–water partition coefficient (Wildman–Crippen LogP) is 2.94. The van der Waals surface area contributed by atoms with E-state index >= 15 is 0 Å². The zero-order chi connectivity index (χ0) is 15.2. The lowest BCUT2D eigenvalue weighted by Gasteiger charge is -2.29. The molecule has 0 spiro atoms. The Hall–Kier alpha value is -1.71. The van der Waals surface area contributed by atoms with Gasteiger partial charge in [0.25, 0.3) is 0 Å². The molecule has 0 aromatic heterocycles. The number of amides is 1. The van der Waals surface area contributed by atoms with Gasteiger partial charge >= 0.3 is 0 Å². The van der Waals surface area contributed by atoms with E-state index in [4.69, 9.17) is 9.47 Å². The van der Waals surface area contributed by atoms with Gasteiger partial charge in [0.1, 0.15) is 11.5 Å². The molecule has 1 amide bonds. The lowest BCUT2D eigenvalue weighted by atomic mass is 9.86. The highest BCUT2D eigenvalue weighted by Crippen LogP contribution is 2.26. The van der Waals surface area contributed by atoms with E-state index in [0.717, 1.165) is 23.5 Å². The van der Waals surface area contributed by atoms with Crippen molar-refractivity contribution in [2.75, 3.05) is 14.2 Å². The third-order valence-corrected chi connectivity index (χ3v) is 4.30. The molecule has 2 unspecified atom stereocenters. The fraction of sp³-hybridized carbons (Fsp3) is 0.588. The standard InChI is InChI=1S/C17H25NO3/c1-12-6-4-5-7-15(12)18-17(19)11-13-10-14(20-2)8-9-16(13)21-3/h8-10,12,15H,4-7,11H2,1-3H3,(H,18,19). The molecule has 1 aromatic rings. The predicted molar refractivity (Wildman–Crippen MR) is 82.8 cm³/mol. The van der Waals surface area contributed by atoms with Crippen molar-refractivity contribution in [3.8, 4) is 11.5 Å². The third-order valence-electron chi connectivity index (χ3n) is 4.30. The Morgan fingerprint density at radius 2 is 2.00 bits per heavy atom. The first kappa shape index (κ1) is 15.7. The van der Waals surface area contributed by atoms with E-state index in [0.29, 0.717) is 18.4 Å². The molecule has 1 aromatic carbocycles. The van der Waals surface area contributed by atoms with Gasteiger partial charge in [-0.1, -0.05) is 19.8 Å². The smallest absolute Gasteiger partial charge is 0.224 e. The summed E-state index contributed by atoms with van der Waals surface area (Å²) in [5.74, 6) is 2.09. The molecule has 0 radical (unpaired) electrons. The maximum atomic E-state index is 12.3. The summed E-state index contributed by atoms with van der Waals surface area (Å²) in [6.07, 6.45) is 5.09. The Morgan fingerprint density at radius 3 is 2.67 bits per heavy atom. The van der Waals surface area contributed by atoms with Crippen LogP contribution in [0.3, 0.4) is 0 Å². The molecule has 4 heteroatoms. The monoisotopic (exact) mass is 291 g/mol. The summed E-state index contributed by atoms with van der Waals surface area (Å²) in [6, 6.07) is 5.85. The second kappa shape index (κ2) is 7.34. The van der Waals surface area contributed by atoms with Crippen LogP contribution in [-0.4, -0.2) is 26.2 Å². The number of rotatable bonds is 5. The Balaban J connectivity index is 2.01. The lowest BCUT2D eigenvalue weighted by Crippen LogP contribution is -2.41. The van der Waals surface area contributed by atoms with E-state index in [1.165, 1.54) is 19.3 Å². The summed E-state index contributed by atoms with van der Waals surface area (Å²) in [7, 11) is 3.24. The van der Waals surface area contributed by atoms with Gasteiger partial charge in [-0.15, -0.1) is 0 Å². The maximum absolute atomic E-state index is 12.3. The molecule has 0 bridgehead atoms. The minimum Gasteiger partial charge on any atom is -0.497 e. The van der Waals surface area contributed by atoms with Crippen LogP contribution in [0.5, 0.6) is 11.5 Å². The summed E-state index contributed by atoms with van der Waals surface area (Å²) in [6.45, 7) is 2.22. The Kier molecular flexibility index (Phi) is 5.48. The van der Waals surface area contributed by atoms with Crippen LogP contribution in [-0.2, 0) is 11.2 Å². The topological polar surface area (TPSA) is 47.6 Å². The van der Waals surface area contributed by atoms with Crippen molar-refractivity contribution in [3.05, 3.63) is 23.8 Å². The number of methoxy groups -OCH3 is 2. The number of nitrogens with one attached hydrogen (secondary N) is 1. The molecule has 1 aliphatic rings. The van der Waals surface area contributed by atoms with Gasteiger partial charge in [0.2, 0.25) is 5.91 Å². The molecular formula is C17H25NO3. The quantitative estimate of drug-likeness (QED) is 0.907. The van der Waals surface area contributed by atoms with Crippen molar-refractivity contribution in [1.29, 1.82) is 0 Å².